The molecule has 3 rings (SSSR count). The highest BCUT2D eigenvalue weighted by Gasteiger charge is 2.27. The van der Waals surface area contributed by atoms with Crippen molar-refractivity contribution in [1.29, 1.82) is 0 Å². The van der Waals surface area contributed by atoms with Crippen molar-refractivity contribution in [2.45, 2.75) is 38.8 Å². The number of hydrogen-bond acceptors (Lipinski definition) is 3. The number of hydrogen-bond donors (Lipinski definition) is 3. The van der Waals surface area contributed by atoms with E-state index in [1.54, 1.807) is 12.1 Å². The summed E-state index contributed by atoms with van der Waals surface area (Å²) in [6, 6.07) is 15.1. The second-order valence-electron chi connectivity index (χ2n) is 7.01. The van der Waals surface area contributed by atoms with Crippen molar-refractivity contribution in [3.05, 3.63) is 65.2 Å². The van der Waals surface area contributed by atoms with E-state index in [-0.39, 0.29) is 23.8 Å². The Hall–Kier alpha value is -2.66. The molecule has 2 unspecified atom stereocenters. The van der Waals surface area contributed by atoms with Gasteiger partial charge in [0.2, 0.25) is 5.91 Å². The van der Waals surface area contributed by atoms with Crippen LogP contribution in [0.2, 0.25) is 0 Å². The van der Waals surface area contributed by atoms with Crippen molar-refractivity contribution in [3.8, 4) is 0 Å². The molecule has 0 bridgehead atoms. The molecule has 4 N–H and O–H groups in total. The molecule has 0 heterocycles. The first-order valence-electron chi connectivity index (χ1n) is 9.01. The Balaban J connectivity index is 1.56. The maximum Gasteiger partial charge on any atom is 0.255 e. The van der Waals surface area contributed by atoms with Gasteiger partial charge in [0.05, 0.1) is 0 Å². The van der Waals surface area contributed by atoms with Crippen LogP contribution >= 0.6 is 0 Å². The lowest BCUT2D eigenvalue weighted by atomic mass is 10.1. The molecule has 1 saturated carbocycles. The van der Waals surface area contributed by atoms with Gasteiger partial charge < -0.3 is 16.4 Å². The number of aryl methyl sites for hydroxylation is 1. The molecule has 0 radical (unpaired) electrons. The summed E-state index contributed by atoms with van der Waals surface area (Å²) in [4.78, 5) is 24.5. The number of benzene rings is 2. The van der Waals surface area contributed by atoms with Crippen LogP contribution in [-0.4, -0.2) is 17.9 Å². The van der Waals surface area contributed by atoms with Gasteiger partial charge in [0.15, 0.2) is 0 Å². The van der Waals surface area contributed by atoms with E-state index in [4.69, 9.17) is 5.73 Å². The highest BCUT2D eigenvalue weighted by molar-refractivity contribution is 6.04. The first kappa shape index (κ1) is 18.1. The smallest absolute Gasteiger partial charge is 0.255 e. The molecule has 136 valence electrons. The molecule has 26 heavy (non-hydrogen) atoms. The minimum absolute atomic E-state index is 0.0226. The maximum atomic E-state index is 12.3. The zero-order valence-corrected chi connectivity index (χ0v) is 15.0. The molecule has 2 atom stereocenters. The molecular formula is C21H25N3O2. The Morgan fingerprint density at radius 1 is 1.12 bits per heavy atom. The van der Waals surface area contributed by atoms with Crippen LogP contribution in [0.15, 0.2) is 48.5 Å². The Morgan fingerprint density at radius 3 is 2.58 bits per heavy atom. The van der Waals surface area contributed by atoms with E-state index in [0.29, 0.717) is 17.8 Å². The average molecular weight is 351 g/mol. The predicted octanol–water partition coefficient (Wildman–Crippen LogP) is 2.99. The van der Waals surface area contributed by atoms with Gasteiger partial charge in [-0.3, -0.25) is 9.59 Å². The fourth-order valence-corrected chi connectivity index (χ4v) is 3.26. The molecule has 1 fully saturated rings. The summed E-state index contributed by atoms with van der Waals surface area (Å²) >= 11 is 0. The molecule has 5 heteroatoms. The van der Waals surface area contributed by atoms with Gasteiger partial charge in [-0.05, 0) is 56.0 Å². The average Bonchev–Trinajstić information content (AvgIpc) is 3.07. The van der Waals surface area contributed by atoms with E-state index in [9.17, 15) is 9.59 Å². The number of anilines is 1. The van der Waals surface area contributed by atoms with Gasteiger partial charge in [0.25, 0.3) is 5.91 Å². The minimum atomic E-state index is -0.147. The lowest BCUT2D eigenvalue weighted by Gasteiger charge is -2.12. The van der Waals surface area contributed by atoms with Crippen LogP contribution < -0.4 is 16.4 Å². The SMILES string of the molecule is Cc1ccc(C(=O)Nc2cccc(CNC(=O)C3CCC(N)C3)c2)cc1. The van der Waals surface area contributed by atoms with Crippen LogP contribution in [0.25, 0.3) is 0 Å². The van der Waals surface area contributed by atoms with Gasteiger partial charge in [0, 0.05) is 29.8 Å². The van der Waals surface area contributed by atoms with Gasteiger partial charge >= 0.3 is 0 Å². The molecule has 2 aromatic rings. The Morgan fingerprint density at radius 2 is 1.88 bits per heavy atom. The van der Waals surface area contributed by atoms with Gasteiger partial charge in [-0.2, -0.15) is 0 Å². The van der Waals surface area contributed by atoms with Crippen LogP contribution in [-0.2, 0) is 11.3 Å². The van der Waals surface area contributed by atoms with E-state index in [1.807, 2.05) is 43.3 Å². The number of nitrogens with one attached hydrogen (secondary N) is 2. The summed E-state index contributed by atoms with van der Waals surface area (Å²) < 4.78 is 0. The summed E-state index contributed by atoms with van der Waals surface area (Å²) in [5, 5.41) is 5.87. The molecule has 2 aromatic carbocycles. The monoisotopic (exact) mass is 351 g/mol. The van der Waals surface area contributed by atoms with E-state index in [1.165, 1.54) is 0 Å². The Bertz CT molecular complexity index is 786. The van der Waals surface area contributed by atoms with Crippen LogP contribution in [0.5, 0.6) is 0 Å². The summed E-state index contributed by atoms with van der Waals surface area (Å²) in [6.07, 6.45) is 2.54. The molecule has 1 aliphatic rings. The number of amides is 2. The van der Waals surface area contributed by atoms with Crippen molar-refractivity contribution in [2.75, 3.05) is 5.32 Å². The standard InChI is InChI=1S/C21H25N3O2/c1-14-5-7-16(8-6-14)21(26)24-19-4-2-3-15(11-19)13-23-20(25)17-9-10-18(22)12-17/h2-8,11,17-18H,9-10,12-13,22H2,1H3,(H,23,25)(H,24,26). The molecular weight excluding hydrogens is 326 g/mol. The summed E-state index contributed by atoms with van der Waals surface area (Å²) in [5.41, 5.74) is 9.26. The first-order chi connectivity index (χ1) is 12.5. The molecule has 0 aromatic heterocycles. The molecule has 0 aliphatic heterocycles. The predicted molar refractivity (Wildman–Crippen MR) is 103 cm³/mol. The Kier molecular flexibility index (Phi) is 5.68. The molecule has 2 amide bonds. The third kappa shape index (κ3) is 4.70. The topological polar surface area (TPSA) is 84.2 Å². The maximum absolute atomic E-state index is 12.3. The minimum Gasteiger partial charge on any atom is -0.352 e. The third-order valence-electron chi connectivity index (χ3n) is 4.81. The quantitative estimate of drug-likeness (QED) is 0.774. The number of carbonyl (C=O) groups is 2. The van der Waals surface area contributed by atoms with Crippen molar-refractivity contribution in [1.82, 2.24) is 5.32 Å². The van der Waals surface area contributed by atoms with Crippen LogP contribution in [0, 0.1) is 12.8 Å². The lowest BCUT2D eigenvalue weighted by Crippen LogP contribution is -2.30. The van der Waals surface area contributed by atoms with Crippen molar-refractivity contribution >= 4 is 17.5 Å². The first-order valence-corrected chi connectivity index (χ1v) is 9.01. The molecule has 5 nitrogen and oxygen atoms in total. The van der Waals surface area contributed by atoms with Gasteiger partial charge in [-0.1, -0.05) is 29.8 Å². The molecule has 1 aliphatic carbocycles. The fraction of sp³-hybridized carbons (Fsp3) is 0.333. The van der Waals surface area contributed by atoms with Crippen LogP contribution in [0.3, 0.4) is 0 Å². The third-order valence-corrected chi connectivity index (χ3v) is 4.81. The number of carbonyl (C=O) groups excluding carboxylic acids is 2. The van der Waals surface area contributed by atoms with Crippen LogP contribution in [0.1, 0.15) is 40.7 Å². The fourth-order valence-electron chi connectivity index (χ4n) is 3.26. The van der Waals surface area contributed by atoms with Crippen LogP contribution in [0.4, 0.5) is 5.69 Å². The largest absolute Gasteiger partial charge is 0.352 e. The summed E-state index contributed by atoms with van der Waals surface area (Å²) in [7, 11) is 0. The van der Waals surface area contributed by atoms with Gasteiger partial charge in [-0.15, -0.1) is 0 Å². The zero-order chi connectivity index (χ0) is 18.5. The second-order valence-corrected chi connectivity index (χ2v) is 7.01. The summed E-state index contributed by atoms with van der Waals surface area (Å²) in [5.74, 6) is -0.0624. The van der Waals surface area contributed by atoms with Crippen molar-refractivity contribution < 1.29 is 9.59 Å². The summed E-state index contributed by atoms with van der Waals surface area (Å²) in [6.45, 7) is 2.43. The van der Waals surface area contributed by atoms with Gasteiger partial charge in [0.1, 0.15) is 0 Å². The molecule has 0 saturated heterocycles. The lowest BCUT2D eigenvalue weighted by molar-refractivity contribution is -0.125. The second kappa shape index (κ2) is 8.15. The number of rotatable bonds is 5. The Labute approximate surface area is 154 Å². The molecule has 0 spiro atoms. The zero-order valence-electron chi connectivity index (χ0n) is 15.0. The van der Waals surface area contributed by atoms with Crippen molar-refractivity contribution in [2.24, 2.45) is 11.7 Å². The highest BCUT2D eigenvalue weighted by atomic mass is 16.2. The van der Waals surface area contributed by atoms with E-state index in [0.717, 1.165) is 30.4 Å². The normalized spacial score (nSPS) is 19.2. The highest BCUT2D eigenvalue weighted by Crippen LogP contribution is 2.24. The van der Waals surface area contributed by atoms with E-state index >= 15 is 0 Å². The van der Waals surface area contributed by atoms with E-state index in [2.05, 4.69) is 10.6 Å². The van der Waals surface area contributed by atoms with Gasteiger partial charge in [-0.25, -0.2) is 0 Å². The number of nitrogens with two attached hydrogens (primary N) is 1. The van der Waals surface area contributed by atoms with E-state index < -0.39 is 0 Å². The van der Waals surface area contributed by atoms with Crippen molar-refractivity contribution in [3.63, 3.8) is 0 Å².